The second-order valence-corrected chi connectivity index (χ2v) is 4.60. The first-order chi connectivity index (χ1) is 9.24. The van der Waals surface area contributed by atoms with Crippen LogP contribution in [-0.4, -0.2) is 35.3 Å². The summed E-state index contributed by atoms with van der Waals surface area (Å²) in [5.41, 5.74) is 5.95. The predicted molar refractivity (Wildman–Crippen MR) is 70.4 cm³/mol. The van der Waals surface area contributed by atoms with Gasteiger partial charge in [-0.15, -0.1) is 0 Å². The molecule has 1 aliphatic rings. The first-order valence-corrected chi connectivity index (χ1v) is 6.37. The van der Waals surface area contributed by atoms with Crippen molar-refractivity contribution in [3.63, 3.8) is 0 Å². The summed E-state index contributed by atoms with van der Waals surface area (Å²) in [4.78, 5) is 4.08. The van der Waals surface area contributed by atoms with E-state index in [1.54, 1.807) is 25.4 Å². The molecule has 2 atom stereocenters. The number of hydrogen-bond donors (Lipinski definition) is 2. The summed E-state index contributed by atoms with van der Waals surface area (Å²) >= 11 is 0. The molecule has 1 aliphatic carbocycles. The molecular weight excluding hydrogens is 246 g/mol. The van der Waals surface area contributed by atoms with Crippen molar-refractivity contribution in [2.45, 2.75) is 37.9 Å². The molecule has 3 N–H and O–H groups in total. The monoisotopic (exact) mass is 265 g/mol. The van der Waals surface area contributed by atoms with E-state index < -0.39 is 0 Å². The summed E-state index contributed by atoms with van der Waals surface area (Å²) in [6.45, 7) is 0. The van der Waals surface area contributed by atoms with Gasteiger partial charge in [0.05, 0.1) is 6.10 Å². The highest BCUT2D eigenvalue weighted by Gasteiger charge is 2.24. The second-order valence-electron chi connectivity index (χ2n) is 4.60. The van der Waals surface area contributed by atoms with E-state index in [-0.39, 0.29) is 18.0 Å². The maximum absolute atomic E-state index is 8.75. The Morgan fingerprint density at radius 3 is 3.00 bits per heavy atom. The number of nitrogens with zero attached hydrogens (tertiary/aromatic N) is 2. The van der Waals surface area contributed by atoms with Crippen molar-refractivity contribution in [3.8, 4) is 5.75 Å². The Morgan fingerprint density at radius 1 is 1.47 bits per heavy atom. The van der Waals surface area contributed by atoms with Crippen molar-refractivity contribution < 1.29 is 14.7 Å². The lowest BCUT2D eigenvalue weighted by molar-refractivity contribution is 0.0208. The Hall–Kier alpha value is -1.82. The van der Waals surface area contributed by atoms with Crippen molar-refractivity contribution in [1.29, 1.82) is 0 Å². The lowest BCUT2D eigenvalue weighted by Gasteiger charge is -2.29. The number of aromatic nitrogens is 1. The largest absolute Gasteiger partial charge is 0.488 e. The third-order valence-corrected chi connectivity index (χ3v) is 3.33. The van der Waals surface area contributed by atoms with Crippen LogP contribution in [0.5, 0.6) is 5.75 Å². The van der Waals surface area contributed by atoms with Crippen LogP contribution >= 0.6 is 0 Å². The average molecular weight is 265 g/mol. The van der Waals surface area contributed by atoms with Crippen molar-refractivity contribution in [1.82, 2.24) is 4.98 Å². The average Bonchev–Trinajstić information content (AvgIpc) is 2.47. The number of oxime groups is 1. The van der Waals surface area contributed by atoms with Gasteiger partial charge < -0.3 is 20.4 Å². The SMILES string of the molecule is COC1CCCC(Oc2cccnc2/C(N)=N/O)C1. The Labute approximate surface area is 112 Å². The molecule has 0 radical (unpaired) electrons. The van der Waals surface area contributed by atoms with Crippen LogP contribution in [0, 0.1) is 0 Å². The van der Waals surface area contributed by atoms with Crippen LogP contribution in [0.3, 0.4) is 0 Å². The molecule has 1 heterocycles. The van der Waals surface area contributed by atoms with E-state index in [2.05, 4.69) is 10.1 Å². The summed E-state index contributed by atoms with van der Waals surface area (Å²) in [5, 5.41) is 11.7. The molecule has 2 unspecified atom stereocenters. The smallest absolute Gasteiger partial charge is 0.192 e. The number of ether oxygens (including phenoxy) is 2. The summed E-state index contributed by atoms with van der Waals surface area (Å²) in [6.07, 6.45) is 5.86. The molecule has 1 aromatic rings. The fourth-order valence-electron chi connectivity index (χ4n) is 2.33. The fourth-order valence-corrected chi connectivity index (χ4v) is 2.33. The van der Waals surface area contributed by atoms with Crippen LogP contribution in [-0.2, 0) is 4.74 Å². The molecule has 1 fully saturated rings. The van der Waals surface area contributed by atoms with Crippen molar-refractivity contribution >= 4 is 5.84 Å². The number of methoxy groups -OCH3 is 1. The lowest BCUT2D eigenvalue weighted by atomic mass is 9.95. The first kappa shape index (κ1) is 13.6. The van der Waals surface area contributed by atoms with Crippen LogP contribution in [0.4, 0.5) is 0 Å². The Bertz CT molecular complexity index is 451. The van der Waals surface area contributed by atoms with E-state index in [4.69, 9.17) is 20.4 Å². The molecule has 0 aliphatic heterocycles. The van der Waals surface area contributed by atoms with Gasteiger partial charge in [0.2, 0.25) is 0 Å². The Balaban J connectivity index is 2.10. The van der Waals surface area contributed by atoms with Gasteiger partial charge >= 0.3 is 0 Å². The van der Waals surface area contributed by atoms with E-state index in [0.717, 1.165) is 25.7 Å². The van der Waals surface area contributed by atoms with Crippen LogP contribution in [0.2, 0.25) is 0 Å². The van der Waals surface area contributed by atoms with Gasteiger partial charge in [0.1, 0.15) is 11.9 Å². The highest BCUT2D eigenvalue weighted by Crippen LogP contribution is 2.26. The predicted octanol–water partition coefficient (Wildman–Crippen LogP) is 1.51. The van der Waals surface area contributed by atoms with E-state index in [9.17, 15) is 0 Å². The summed E-state index contributed by atoms with van der Waals surface area (Å²) in [7, 11) is 1.72. The van der Waals surface area contributed by atoms with Gasteiger partial charge in [-0.05, 0) is 31.4 Å². The maximum Gasteiger partial charge on any atom is 0.192 e. The molecule has 104 valence electrons. The quantitative estimate of drug-likeness (QED) is 0.373. The van der Waals surface area contributed by atoms with E-state index >= 15 is 0 Å². The number of hydrogen-bond acceptors (Lipinski definition) is 5. The second kappa shape index (κ2) is 6.38. The third kappa shape index (κ3) is 3.35. The van der Waals surface area contributed by atoms with Crippen molar-refractivity contribution in [2.24, 2.45) is 10.9 Å². The van der Waals surface area contributed by atoms with E-state index in [1.165, 1.54) is 0 Å². The third-order valence-electron chi connectivity index (χ3n) is 3.33. The number of amidine groups is 1. The molecule has 0 amide bonds. The van der Waals surface area contributed by atoms with Gasteiger partial charge in [-0.2, -0.15) is 0 Å². The highest BCUT2D eigenvalue weighted by atomic mass is 16.5. The minimum absolute atomic E-state index is 0.0466. The zero-order chi connectivity index (χ0) is 13.7. The molecule has 1 saturated carbocycles. The maximum atomic E-state index is 8.75. The minimum Gasteiger partial charge on any atom is -0.488 e. The van der Waals surface area contributed by atoms with Crippen LogP contribution in [0.25, 0.3) is 0 Å². The van der Waals surface area contributed by atoms with Gasteiger partial charge in [-0.3, -0.25) is 0 Å². The molecule has 2 rings (SSSR count). The number of pyridine rings is 1. The number of rotatable bonds is 4. The van der Waals surface area contributed by atoms with Gasteiger partial charge in [0.25, 0.3) is 0 Å². The van der Waals surface area contributed by atoms with Gasteiger partial charge in [-0.25, -0.2) is 4.98 Å². The lowest BCUT2D eigenvalue weighted by Crippen LogP contribution is -2.30. The fraction of sp³-hybridized carbons (Fsp3) is 0.538. The summed E-state index contributed by atoms with van der Waals surface area (Å²) in [6, 6.07) is 3.54. The van der Waals surface area contributed by atoms with Gasteiger partial charge in [0.15, 0.2) is 11.5 Å². The van der Waals surface area contributed by atoms with E-state index in [0.29, 0.717) is 11.4 Å². The first-order valence-electron chi connectivity index (χ1n) is 6.37. The van der Waals surface area contributed by atoms with E-state index in [1.807, 2.05) is 0 Å². The van der Waals surface area contributed by atoms with Crippen LogP contribution in [0.15, 0.2) is 23.5 Å². The zero-order valence-electron chi connectivity index (χ0n) is 11.0. The molecule has 6 heteroatoms. The molecule has 0 spiro atoms. The molecule has 0 saturated heterocycles. The topological polar surface area (TPSA) is 90.0 Å². The summed E-state index contributed by atoms with van der Waals surface area (Å²) in [5.74, 6) is 0.495. The summed E-state index contributed by atoms with van der Waals surface area (Å²) < 4.78 is 11.3. The standard InChI is InChI=1S/C13H19N3O3/c1-18-9-4-2-5-10(8-9)19-11-6-3-7-15-12(11)13(14)16-17/h3,6-7,9-10,17H,2,4-5,8H2,1H3,(H2,14,16). The molecular formula is C13H19N3O3. The zero-order valence-corrected chi connectivity index (χ0v) is 11.0. The molecule has 19 heavy (non-hydrogen) atoms. The Kier molecular flexibility index (Phi) is 4.57. The van der Waals surface area contributed by atoms with Gasteiger partial charge in [-0.1, -0.05) is 5.16 Å². The number of nitrogens with two attached hydrogens (primary N) is 1. The van der Waals surface area contributed by atoms with Gasteiger partial charge in [0, 0.05) is 19.7 Å². The molecule has 6 nitrogen and oxygen atoms in total. The van der Waals surface area contributed by atoms with Crippen LogP contribution < -0.4 is 10.5 Å². The normalized spacial score (nSPS) is 24.2. The molecule has 1 aromatic heterocycles. The minimum atomic E-state index is -0.0466. The van der Waals surface area contributed by atoms with Crippen molar-refractivity contribution in [3.05, 3.63) is 24.0 Å². The molecule has 0 aromatic carbocycles. The Morgan fingerprint density at radius 2 is 2.26 bits per heavy atom. The molecule has 0 bridgehead atoms. The van der Waals surface area contributed by atoms with Crippen molar-refractivity contribution in [2.75, 3.05) is 7.11 Å². The van der Waals surface area contributed by atoms with Crippen LogP contribution in [0.1, 0.15) is 31.4 Å². The highest BCUT2D eigenvalue weighted by molar-refractivity contribution is 5.97.